The number of rotatable bonds is 4. The van der Waals surface area contributed by atoms with Gasteiger partial charge >= 0.3 is 0 Å². The molecule has 1 aromatic rings. The summed E-state index contributed by atoms with van der Waals surface area (Å²) in [6.07, 6.45) is 2.81. The summed E-state index contributed by atoms with van der Waals surface area (Å²) in [5, 5.41) is 9.92. The largest absolute Gasteiger partial charge is 0.382 e. The fraction of sp³-hybridized carbons (Fsp3) is 0.667. The van der Waals surface area contributed by atoms with Crippen LogP contribution < -0.4 is 11.1 Å². The average Bonchev–Trinajstić information content (AvgIpc) is 2.46. The Morgan fingerprint density at radius 1 is 1.62 bits per heavy atom. The van der Waals surface area contributed by atoms with E-state index in [9.17, 15) is 0 Å². The van der Waals surface area contributed by atoms with Crippen molar-refractivity contribution in [3.63, 3.8) is 0 Å². The van der Waals surface area contributed by atoms with E-state index in [1.165, 1.54) is 0 Å². The molecule has 4 heteroatoms. The Hall–Kier alpha value is -1.19. The lowest BCUT2D eigenvalue weighted by Crippen LogP contribution is -2.24. The van der Waals surface area contributed by atoms with Crippen molar-refractivity contribution in [3.8, 4) is 0 Å². The van der Waals surface area contributed by atoms with Gasteiger partial charge in [-0.1, -0.05) is 20.8 Å². The van der Waals surface area contributed by atoms with E-state index in [2.05, 4.69) is 36.3 Å². The highest BCUT2D eigenvalue weighted by atomic mass is 15.2. The van der Waals surface area contributed by atoms with E-state index < -0.39 is 0 Å². The van der Waals surface area contributed by atoms with E-state index >= 15 is 0 Å². The molecule has 0 aromatic carbocycles. The van der Waals surface area contributed by atoms with Crippen molar-refractivity contribution in [1.29, 1.82) is 0 Å². The van der Waals surface area contributed by atoms with Gasteiger partial charge in [-0.25, -0.2) is 0 Å². The third kappa shape index (κ3) is 2.37. The maximum Gasteiger partial charge on any atom is 0.142 e. The van der Waals surface area contributed by atoms with Gasteiger partial charge in [0.15, 0.2) is 0 Å². The van der Waals surface area contributed by atoms with E-state index in [-0.39, 0.29) is 0 Å². The molecule has 0 bridgehead atoms. The molecule has 4 nitrogen and oxygen atoms in total. The Balaban J connectivity index is 2.62. The zero-order chi connectivity index (χ0) is 9.84. The summed E-state index contributed by atoms with van der Waals surface area (Å²) in [5.74, 6) is 1.21. The van der Waals surface area contributed by atoms with Crippen LogP contribution in [0.1, 0.15) is 27.2 Å². The summed E-state index contributed by atoms with van der Waals surface area (Å²) in [6, 6.07) is 0.458. The van der Waals surface area contributed by atoms with Crippen LogP contribution >= 0.6 is 0 Å². The number of nitrogens with two attached hydrogens (primary N) is 1. The van der Waals surface area contributed by atoms with Crippen LogP contribution in [0, 0.1) is 5.92 Å². The molecule has 0 saturated heterocycles. The highest BCUT2D eigenvalue weighted by Gasteiger charge is 2.12. The summed E-state index contributed by atoms with van der Waals surface area (Å²) in [4.78, 5) is 0. The van der Waals surface area contributed by atoms with Gasteiger partial charge in [0.05, 0.1) is 11.9 Å². The molecule has 1 aromatic heterocycles. The third-order valence-electron chi connectivity index (χ3n) is 2.25. The van der Waals surface area contributed by atoms with Crippen molar-refractivity contribution < 1.29 is 0 Å². The predicted octanol–water partition coefficient (Wildman–Crippen LogP) is 1.84. The van der Waals surface area contributed by atoms with Crippen LogP contribution in [0.4, 0.5) is 11.5 Å². The van der Waals surface area contributed by atoms with Gasteiger partial charge in [-0.2, -0.15) is 5.10 Å². The maximum atomic E-state index is 5.66. The zero-order valence-electron chi connectivity index (χ0n) is 8.46. The van der Waals surface area contributed by atoms with E-state index in [4.69, 9.17) is 5.73 Å². The lowest BCUT2D eigenvalue weighted by atomic mass is 10.0. The molecule has 0 amide bonds. The van der Waals surface area contributed by atoms with Crippen molar-refractivity contribution in [2.45, 2.75) is 33.2 Å². The number of H-pyrrole nitrogens is 1. The Bertz CT molecular complexity index is 254. The highest BCUT2D eigenvalue weighted by Crippen LogP contribution is 2.18. The third-order valence-corrected chi connectivity index (χ3v) is 2.25. The van der Waals surface area contributed by atoms with Crippen molar-refractivity contribution in [2.24, 2.45) is 5.92 Å². The van der Waals surface area contributed by atoms with E-state index in [1.54, 1.807) is 6.20 Å². The quantitative estimate of drug-likeness (QED) is 0.665. The lowest BCUT2D eigenvalue weighted by Gasteiger charge is -2.21. The minimum atomic E-state index is 0.458. The van der Waals surface area contributed by atoms with E-state index in [1.807, 2.05) is 0 Å². The molecule has 0 saturated carbocycles. The van der Waals surface area contributed by atoms with Gasteiger partial charge in [-0.05, 0) is 12.3 Å². The highest BCUT2D eigenvalue weighted by molar-refractivity contribution is 5.60. The van der Waals surface area contributed by atoms with Gasteiger partial charge in [0.2, 0.25) is 0 Å². The first-order valence-electron chi connectivity index (χ1n) is 4.70. The second-order valence-corrected chi connectivity index (χ2v) is 3.60. The molecule has 0 fully saturated rings. The molecule has 4 N–H and O–H groups in total. The smallest absolute Gasteiger partial charge is 0.142 e. The van der Waals surface area contributed by atoms with E-state index in [0.717, 1.165) is 12.1 Å². The molecule has 1 rings (SSSR count). The van der Waals surface area contributed by atoms with Gasteiger partial charge in [-0.3, -0.25) is 5.10 Å². The van der Waals surface area contributed by atoms with Gasteiger partial charge in [0.25, 0.3) is 0 Å². The van der Waals surface area contributed by atoms with Gasteiger partial charge in [-0.15, -0.1) is 0 Å². The number of aromatic amines is 1. The topological polar surface area (TPSA) is 66.7 Å². The fourth-order valence-electron chi connectivity index (χ4n) is 1.35. The van der Waals surface area contributed by atoms with Crippen molar-refractivity contribution in [3.05, 3.63) is 6.20 Å². The summed E-state index contributed by atoms with van der Waals surface area (Å²) in [6.45, 7) is 6.54. The second-order valence-electron chi connectivity index (χ2n) is 3.60. The standard InChI is InChI=1S/C9H18N4/c1-4-7(6(2)3)12-8-5-11-13-9(8)10/h5-7,12H,4H2,1-3H3,(H3,10,11,13). The Morgan fingerprint density at radius 3 is 2.69 bits per heavy atom. The monoisotopic (exact) mass is 182 g/mol. The average molecular weight is 182 g/mol. The van der Waals surface area contributed by atoms with Gasteiger partial charge in [0.1, 0.15) is 5.82 Å². The van der Waals surface area contributed by atoms with Gasteiger partial charge in [0, 0.05) is 6.04 Å². The number of aromatic nitrogens is 2. The summed E-state index contributed by atoms with van der Waals surface area (Å²) < 4.78 is 0. The number of anilines is 2. The summed E-state index contributed by atoms with van der Waals surface area (Å²) in [5.41, 5.74) is 6.57. The van der Waals surface area contributed by atoms with Crippen molar-refractivity contribution in [1.82, 2.24) is 10.2 Å². The molecule has 0 aliphatic carbocycles. The number of nitrogens with zero attached hydrogens (tertiary/aromatic N) is 1. The SMILES string of the molecule is CCC(Nc1cn[nH]c1N)C(C)C. The molecule has 1 unspecified atom stereocenters. The van der Waals surface area contributed by atoms with Crippen molar-refractivity contribution in [2.75, 3.05) is 11.1 Å². The molecule has 0 aliphatic heterocycles. The number of nitrogen functional groups attached to an aromatic ring is 1. The Kier molecular flexibility index (Phi) is 3.17. The first kappa shape index (κ1) is 9.89. The number of hydrogen-bond acceptors (Lipinski definition) is 3. The normalized spacial score (nSPS) is 13.2. The van der Waals surface area contributed by atoms with Crippen LogP contribution in [0.15, 0.2) is 6.20 Å². The molecule has 13 heavy (non-hydrogen) atoms. The van der Waals surface area contributed by atoms with Crippen LogP contribution in [-0.2, 0) is 0 Å². The van der Waals surface area contributed by atoms with Crippen LogP contribution in [0.5, 0.6) is 0 Å². The predicted molar refractivity (Wildman–Crippen MR) is 55.5 cm³/mol. The van der Waals surface area contributed by atoms with Gasteiger partial charge < -0.3 is 11.1 Å². The molecule has 1 heterocycles. The minimum absolute atomic E-state index is 0.458. The molecule has 74 valence electrons. The van der Waals surface area contributed by atoms with E-state index in [0.29, 0.717) is 17.8 Å². The van der Waals surface area contributed by atoms with Crippen LogP contribution in [0.25, 0.3) is 0 Å². The molecule has 0 spiro atoms. The molecular formula is C9H18N4. The number of hydrogen-bond donors (Lipinski definition) is 3. The minimum Gasteiger partial charge on any atom is -0.382 e. The van der Waals surface area contributed by atoms with Crippen LogP contribution in [-0.4, -0.2) is 16.2 Å². The molecule has 0 radical (unpaired) electrons. The summed E-state index contributed by atoms with van der Waals surface area (Å²) >= 11 is 0. The first-order chi connectivity index (χ1) is 6.15. The van der Waals surface area contributed by atoms with Crippen molar-refractivity contribution >= 4 is 11.5 Å². The summed E-state index contributed by atoms with van der Waals surface area (Å²) in [7, 11) is 0. The molecule has 1 atom stereocenters. The first-order valence-corrected chi connectivity index (χ1v) is 4.70. The Morgan fingerprint density at radius 2 is 2.31 bits per heavy atom. The number of nitrogens with one attached hydrogen (secondary N) is 2. The second kappa shape index (κ2) is 4.16. The zero-order valence-corrected chi connectivity index (χ0v) is 8.46. The Labute approximate surface area is 78.9 Å². The molecule has 0 aliphatic rings. The lowest BCUT2D eigenvalue weighted by molar-refractivity contribution is 0.511. The maximum absolute atomic E-state index is 5.66. The molecular weight excluding hydrogens is 164 g/mol. The van der Waals surface area contributed by atoms with Crippen LogP contribution in [0.3, 0.4) is 0 Å². The fourth-order valence-corrected chi connectivity index (χ4v) is 1.35. The van der Waals surface area contributed by atoms with Crippen LogP contribution in [0.2, 0.25) is 0 Å².